The Labute approximate surface area is 186 Å². The Balaban J connectivity index is 0.00000205. The average Bonchev–Trinajstić information content (AvgIpc) is 3.12. The van der Waals surface area contributed by atoms with Crippen molar-refractivity contribution in [2.45, 2.75) is 6.92 Å². The largest absolute Gasteiger partial charge is 1.00 e. The highest BCUT2D eigenvalue weighted by Crippen LogP contribution is 2.35. The zero-order chi connectivity index (χ0) is 19.1. The Bertz CT molecular complexity index is 1310. The predicted molar refractivity (Wildman–Crippen MR) is 115 cm³/mol. The van der Waals surface area contributed by atoms with E-state index in [1.54, 1.807) is 0 Å². The number of aromatic nitrogens is 2. The van der Waals surface area contributed by atoms with E-state index < -0.39 is 0 Å². The molecule has 0 spiro atoms. The molecule has 5 rings (SSSR count). The fourth-order valence-corrected chi connectivity index (χ4v) is 3.96. The number of halogens is 1. The number of fused-ring (bicyclic) bond motifs is 4. The van der Waals surface area contributed by atoms with Gasteiger partial charge in [-0.3, -0.25) is 0 Å². The van der Waals surface area contributed by atoms with Crippen molar-refractivity contribution in [1.82, 2.24) is 4.98 Å². The van der Waals surface area contributed by atoms with Crippen LogP contribution in [0.15, 0.2) is 72.8 Å². The Morgan fingerprint density at radius 2 is 1.59 bits per heavy atom. The maximum absolute atomic E-state index is 5.57. The molecule has 5 heteroatoms. The smallest absolute Gasteiger partial charge is 0.240 e. The van der Waals surface area contributed by atoms with Crippen molar-refractivity contribution in [1.29, 1.82) is 0 Å². The van der Waals surface area contributed by atoms with Crippen LogP contribution >= 0.6 is 0 Å². The molecule has 4 nitrogen and oxygen atoms in total. The summed E-state index contributed by atoms with van der Waals surface area (Å²) in [4.78, 5) is 3.62. The second kappa shape index (κ2) is 7.91. The molecule has 0 bridgehead atoms. The van der Waals surface area contributed by atoms with Crippen molar-refractivity contribution in [3.05, 3.63) is 72.8 Å². The van der Waals surface area contributed by atoms with Crippen LogP contribution in [0.25, 0.3) is 32.8 Å². The molecule has 0 aliphatic carbocycles. The minimum Gasteiger partial charge on any atom is -1.00 e. The first kappa shape index (κ1) is 19.5. The molecule has 0 saturated carbocycles. The molecule has 0 aliphatic rings. The van der Waals surface area contributed by atoms with Crippen molar-refractivity contribution in [3.8, 4) is 5.75 Å². The van der Waals surface area contributed by atoms with Gasteiger partial charge in [0.25, 0.3) is 0 Å². The SMILES string of the molecule is CCOc1ccc(Nc2c3ccccc3[n+](C)c3c2[nH]c2ccccc23)cc1.[I-]. The van der Waals surface area contributed by atoms with Crippen LogP contribution in [0.5, 0.6) is 5.75 Å². The topological polar surface area (TPSA) is 40.9 Å². The van der Waals surface area contributed by atoms with E-state index >= 15 is 0 Å². The van der Waals surface area contributed by atoms with Gasteiger partial charge in [0.05, 0.1) is 28.6 Å². The number of ether oxygens (including phenoxy) is 1. The van der Waals surface area contributed by atoms with E-state index in [-0.39, 0.29) is 24.0 Å². The van der Waals surface area contributed by atoms with Crippen molar-refractivity contribution in [2.24, 2.45) is 7.05 Å². The van der Waals surface area contributed by atoms with E-state index in [2.05, 4.69) is 82.6 Å². The van der Waals surface area contributed by atoms with Crippen LogP contribution in [0.2, 0.25) is 0 Å². The number of benzene rings is 3. The van der Waals surface area contributed by atoms with E-state index in [4.69, 9.17) is 4.74 Å². The summed E-state index contributed by atoms with van der Waals surface area (Å²) < 4.78 is 7.84. The van der Waals surface area contributed by atoms with Gasteiger partial charge in [-0.25, -0.2) is 0 Å². The van der Waals surface area contributed by atoms with Crippen LogP contribution in [0.3, 0.4) is 0 Å². The average molecular weight is 495 g/mol. The second-order valence-corrected chi connectivity index (χ2v) is 6.93. The quantitative estimate of drug-likeness (QED) is 0.297. The second-order valence-electron chi connectivity index (χ2n) is 6.93. The van der Waals surface area contributed by atoms with E-state index in [9.17, 15) is 0 Å². The number of nitrogens with one attached hydrogen (secondary N) is 2. The highest BCUT2D eigenvalue weighted by molar-refractivity contribution is 6.13. The number of aryl methyl sites for hydroxylation is 1. The van der Waals surface area contributed by atoms with Gasteiger partial charge < -0.3 is 39.0 Å². The van der Waals surface area contributed by atoms with Crippen LogP contribution in [-0.4, -0.2) is 11.6 Å². The zero-order valence-electron chi connectivity index (χ0n) is 16.4. The molecular weight excluding hydrogens is 473 g/mol. The van der Waals surface area contributed by atoms with Crippen LogP contribution in [-0.2, 0) is 7.05 Å². The summed E-state index contributed by atoms with van der Waals surface area (Å²) in [6.07, 6.45) is 0. The monoisotopic (exact) mass is 495 g/mol. The van der Waals surface area contributed by atoms with Gasteiger partial charge in [0.1, 0.15) is 18.3 Å². The van der Waals surface area contributed by atoms with Gasteiger partial charge in [0, 0.05) is 11.8 Å². The van der Waals surface area contributed by atoms with Crippen LogP contribution in [0.1, 0.15) is 6.92 Å². The number of anilines is 2. The first-order valence-corrected chi connectivity index (χ1v) is 9.57. The summed E-state index contributed by atoms with van der Waals surface area (Å²) in [5, 5.41) is 6.05. The summed E-state index contributed by atoms with van der Waals surface area (Å²) in [5.41, 5.74) is 6.75. The number of nitrogens with zero attached hydrogens (tertiary/aromatic N) is 1. The van der Waals surface area contributed by atoms with Gasteiger partial charge in [-0.1, -0.05) is 24.3 Å². The van der Waals surface area contributed by atoms with Gasteiger partial charge >= 0.3 is 0 Å². The zero-order valence-corrected chi connectivity index (χ0v) is 18.5. The number of para-hydroxylation sites is 2. The van der Waals surface area contributed by atoms with Gasteiger partial charge in [-0.15, -0.1) is 0 Å². The van der Waals surface area contributed by atoms with Crippen molar-refractivity contribution < 1.29 is 33.3 Å². The van der Waals surface area contributed by atoms with Gasteiger partial charge in [-0.2, -0.15) is 4.57 Å². The first-order valence-electron chi connectivity index (χ1n) is 9.57. The lowest BCUT2D eigenvalue weighted by molar-refractivity contribution is -0.616. The predicted octanol–water partition coefficient (Wildman–Crippen LogP) is 2.45. The van der Waals surface area contributed by atoms with Gasteiger partial charge in [0.15, 0.2) is 0 Å². The lowest BCUT2D eigenvalue weighted by atomic mass is 10.1. The van der Waals surface area contributed by atoms with Crippen molar-refractivity contribution >= 4 is 44.2 Å². The molecule has 0 unspecified atom stereocenters. The Morgan fingerprint density at radius 3 is 2.34 bits per heavy atom. The molecule has 0 atom stereocenters. The number of aromatic amines is 1. The van der Waals surface area contributed by atoms with Crippen molar-refractivity contribution in [2.75, 3.05) is 11.9 Å². The molecule has 0 amide bonds. The number of hydrogen-bond acceptors (Lipinski definition) is 2. The molecule has 146 valence electrons. The first-order chi connectivity index (χ1) is 13.8. The van der Waals surface area contributed by atoms with Gasteiger partial charge in [0.2, 0.25) is 11.0 Å². The molecule has 2 aromatic heterocycles. The third-order valence-corrected chi connectivity index (χ3v) is 5.23. The minimum atomic E-state index is 0. The fraction of sp³-hybridized carbons (Fsp3) is 0.125. The minimum absolute atomic E-state index is 0. The summed E-state index contributed by atoms with van der Waals surface area (Å²) in [5.74, 6) is 0.883. The Kier molecular flexibility index (Phi) is 5.32. The summed E-state index contributed by atoms with van der Waals surface area (Å²) in [7, 11) is 2.13. The summed E-state index contributed by atoms with van der Waals surface area (Å²) in [6, 6.07) is 25.1. The van der Waals surface area contributed by atoms with Crippen molar-refractivity contribution in [3.63, 3.8) is 0 Å². The molecule has 0 fully saturated rings. The molecule has 0 radical (unpaired) electrons. The molecule has 29 heavy (non-hydrogen) atoms. The van der Waals surface area contributed by atoms with E-state index in [1.807, 2.05) is 19.1 Å². The van der Waals surface area contributed by atoms with E-state index in [0.29, 0.717) is 6.61 Å². The summed E-state index contributed by atoms with van der Waals surface area (Å²) >= 11 is 0. The Hall–Kier alpha value is -2.80. The number of pyridine rings is 1. The highest BCUT2D eigenvalue weighted by atomic mass is 127. The Morgan fingerprint density at radius 1 is 0.897 bits per heavy atom. The lowest BCUT2D eigenvalue weighted by Gasteiger charge is -2.11. The maximum Gasteiger partial charge on any atom is 0.240 e. The van der Waals surface area contributed by atoms with E-state index in [0.717, 1.165) is 28.2 Å². The number of H-pyrrole nitrogens is 1. The van der Waals surface area contributed by atoms with Crippen LogP contribution in [0.4, 0.5) is 11.4 Å². The van der Waals surface area contributed by atoms with E-state index in [1.165, 1.54) is 21.8 Å². The third kappa shape index (κ3) is 3.29. The third-order valence-electron chi connectivity index (χ3n) is 5.23. The molecule has 0 saturated heterocycles. The standard InChI is InChI=1S/C24H21N3O.HI/c1-3-28-17-14-12-16(13-15-17)25-22-19-9-5-7-11-21(19)27(2)24-18-8-4-6-10-20(18)26-23(22)24;/h4-15H,3H2,1-2H3,(H,25,26);1H. The molecule has 2 heterocycles. The fourth-order valence-electron chi connectivity index (χ4n) is 3.96. The lowest BCUT2D eigenvalue weighted by Crippen LogP contribution is -3.00. The number of hydrogen-bond donors (Lipinski definition) is 2. The molecular formula is C24H22IN3O. The molecule has 2 N–H and O–H groups in total. The molecule has 0 aliphatic heterocycles. The number of rotatable bonds is 4. The van der Waals surface area contributed by atoms with Gasteiger partial charge in [-0.05, 0) is 49.4 Å². The molecule has 3 aromatic carbocycles. The normalized spacial score (nSPS) is 11.0. The maximum atomic E-state index is 5.57. The van der Waals surface area contributed by atoms with Crippen LogP contribution < -0.4 is 38.6 Å². The van der Waals surface area contributed by atoms with Crippen LogP contribution in [0, 0.1) is 0 Å². The highest BCUT2D eigenvalue weighted by Gasteiger charge is 2.22. The molecule has 5 aromatic rings. The summed E-state index contributed by atoms with van der Waals surface area (Å²) in [6.45, 7) is 2.66.